The summed E-state index contributed by atoms with van der Waals surface area (Å²) in [7, 11) is -1.38. The average Bonchev–Trinajstić information content (AvgIpc) is 2.37. The predicted molar refractivity (Wildman–Crippen MR) is 77.4 cm³/mol. The summed E-state index contributed by atoms with van der Waals surface area (Å²) < 4.78 is 23.2. The van der Waals surface area contributed by atoms with Crippen LogP contribution in [0.3, 0.4) is 0 Å². The minimum Gasteiger partial charge on any atom is -0.399 e. The quantitative estimate of drug-likeness (QED) is 0.780. The first-order chi connectivity index (χ1) is 9.27. The summed E-state index contributed by atoms with van der Waals surface area (Å²) in [5.41, 5.74) is 6.31. The highest BCUT2D eigenvalue weighted by atomic mass is 32.2. The lowest BCUT2D eigenvalue weighted by Gasteiger charge is -2.32. The van der Waals surface area contributed by atoms with E-state index in [1.807, 2.05) is 7.05 Å². The molecule has 1 aromatic rings. The standard InChI is InChI=1S/C13H19N3O3S/c1-15-3-5-16(6-4-15)13(17)10-7-11(14)9-12(8-10)20(2,18)19/h7-9H,3-6,14H2,1-2H3. The van der Waals surface area contributed by atoms with Crippen LogP contribution in [-0.4, -0.2) is 63.6 Å². The lowest BCUT2D eigenvalue weighted by atomic mass is 10.1. The maximum absolute atomic E-state index is 12.4. The van der Waals surface area contributed by atoms with E-state index in [1.165, 1.54) is 18.2 Å². The number of hydrogen-bond acceptors (Lipinski definition) is 5. The fraction of sp³-hybridized carbons (Fsp3) is 0.462. The van der Waals surface area contributed by atoms with Gasteiger partial charge in [0, 0.05) is 43.7 Å². The van der Waals surface area contributed by atoms with Crippen molar-refractivity contribution in [3.8, 4) is 0 Å². The lowest BCUT2D eigenvalue weighted by Crippen LogP contribution is -2.47. The lowest BCUT2D eigenvalue weighted by molar-refractivity contribution is 0.0664. The number of carbonyl (C=O) groups is 1. The predicted octanol–water partition coefficient (Wildman–Crippen LogP) is 0.0599. The van der Waals surface area contributed by atoms with Gasteiger partial charge < -0.3 is 15.5 Å². The summed E-state index contributed by atoms with van der Waals surface area (Å²) in [4.78, 5) is 16.3. The van der Waals surface area contributed by atoms with Crippen LogP contribution < -0.4 is 5.73 Å². The molecule has 0 unspecified atom stereocenters. The fourth-order valence-electron chi connectivity index (χ4n) is 2.15. The molecular formula is C13H19N3O3S. The Labute approximate surface area is 119 Å². The molecule has 0 atom stereocenters. The van der Waals surface area contributed by atoms with Gasteiger partial charge in [0.1, 0.15) is 0 Å². The fourth-order valence-corrected chi connectivity index (χ4v) is 2.84. The largest absolute Gasteiger partial charge is 0.399 e. The first kappa shape index (κ1) is 14.8. The van der Waals surface area contributed by atoms with Crippen molar-refractivity contribution < 1.29 is 13.2 Å². The molecule has 1 heterocycles. The van der Waals surface area contributed by atoms with Crippen molar-refractivity contribution in [1.82, 2.24) is 9.80 Å². The van der Waals surface area contributed by atoms with Gasteiger partial charge in [-0.25, -0.2) is 8.42 Å². The van der Waals surface area contributed by atoms with Gasteiger partial charge in [0.15, 0.2) is 9.84 Å². The van der Waals surface area contributed by atoms with E-state index in [2.05, 4.69) is 4.90 Å². The third-order valence-corrected chi connectivity index (χ3v) is 4.49. The van der Waals surface area contributed by atoms with Crippen molar-refractivity contribution in [3.05, 3.63) is 23.8 Å². The molecule has 6 nitrogen and oxygen atoms in total. The number of anilines is 1. The van der Waals surface area contributed by atoms with Crippen LogP contribution in [0.5, 0.6) is 0 Å². The molecule has 0 aliphatic carbocycles. The first-order valence-corrected chi connectivity index (χ1v) is 8.25. The Morgan fingerprint density at radius 2 is 1.75 bits per heavy atom. The van der Waals surface area contributed by atoms with Crippen LogP contribution in [-0.2, 0) is 9.84 Å². The molecule has 1 saturated heterocycles. The van der Waals surface area contributed by atoms with E-state index in [0.29, 0.717) is 18.7 Å². The van der Waals surface area contributed by atoms with Crippen molar-refractivity contribution in [2.24, 2.45) is 0 Å². The van der Waals surface area contributed by atoms with Gasteiger partial charge in [-0.1, -0.05) is 0 Å². The van der Waals surface area contributed by atoms with E-state index in [0.717, 1.165) is 19.3 Å². The molecule has 0 aromatic heterocycles. The van der Waals surface area contributed by atoms with E-state index < -0.39 is 9.84 Å². The molecular weight excluding hydrogens is 278 g/mol. The van der Waals surface area contributed by atoms with Crippen LogP contribution in [0.4, 0.5) is 5.69 Å². The van der Waals surface area contributed by atoms with E-state index in [4.69, 9.17) is 5.73 Å². The molecule has 20 heavy (non-hydrogen) atoms. The maximum Gasteiger partial charge on any atom is 0.254 e. The monoisotopic (exact) mass is 297 g/mol. The highest BCUT2D eigenvalue weighted by Crippen LogP contribution is 2.18. The Bertz CT molecular complexity index is 620. The van der Waals surface area contributed by atoms with E-state index in [9.17, 15) is 13.2 Å². The molecule has 2 N–H and O–H groups in total. The summed E-state index contributed by atoms with van der Waals surface area (Å²) in [6, 6.07) is 4.29. The number of nitrogens with zero attached hydrogens (tertiary/aromatic N) is 2. The smallest absolute Gasteiger partial charge is 0.254 e. The molecule has 0 saturated carbocycles. The zero-order chi connectivity index (χ0) is 14.9. The SMILES string of the molecule is CN1CCN(C(=O)c2cc(N)cc(S(C)(=O)=O)c2)CC1. The molecule has 1 fully saturated rings. The molecule has 7 heteroatoms. The van der Waals surface area contributed by atoms with Crippen molar-refractivity contribution in [2.75, 3.05) is 45.2 Å². The van der Waals surface area contributed by atoms with Gasteiger partial charge in [-0.15, -0.1) is 0 Å². The normalized spacial score (nSPS) is 17.2. The first-order valence-electron chi connectivity index (χ1n) is 6.36. The highest BCUT2D eigenvalue weighted by molar-refractivity contribution is 7.90. The topological polar surface area (TPSA) is 83.7 Å². The Morgan fingerprint density at radius 3 is 2.30 bits per heavy atom. The number of piperazine rings is 1. The molecule has 0 radical (unpaired) electrons. The number of nitrogen functional groups attached to an aromatic ring is 1. The van der Waals surface area contributed by atoms with Crippen LogP contribution in [0.15, 0.2) is 23.1 Å². The Hall–Kier alpha value is -1.60. The second kappa shape index (κ2) is 5.41. The van der Waals surface area contributed by atoms with Crippen molar-refractivity contribution in [2.45, 2.75) is 4.90 Å². The Balaban J connectivity index is 2.28. The average molecular weight is 297 g/mol. The number of likely N-dealkylation sites (N-methyl/N-ethyl adjacent to an activating group) is 1. The van der Waals surface area contributed by atoms with Crippen LogP contribution in [0.2, 0.25) is 0 Å². The highest BCUT2D eigenvalue weighted by Gasteiger charge is 2.22. The van der Waals surface area contributed by atoms with E-state index >= 15 is 0 Å². The zero-order valence-corrected chi connectivity index (χ0v) is 12.5. The van der Waals surface area contributed by atoms with Crippen molar-refractivity contribution in [3.63, 3.8) is 0 Å². The molecule has 1 aromatic carbocycles. The molecule has 2 rings (SSSR count). The summed E-state index contributed by atoms with van der Waals surface area (Å²) in [5, 5.41) is 0. The van der Waals surface area contributed by atoms with Crippen LogP contribution in [0, 0.1) is 0 Å². The Kier molecular flexibility index (Phi) is 4.01. The van der Waals surface area contributed by atoms with Crippen LogP contribution >= 0.6 is 0 Å². The van der Waals surface area contributed by atoms with Gasteiger partial charge in [-0.3, -0.25) is 4.79 Å². The van der Waals surface area contributed by atoms with Gasteiger partial charge in [0.05, 0.1) is 4.90 Å². The van der Waals surface area contributed by atoms with Crippen LogP contribution in [0.1, 0.15) is 10.4 Å². The van der Waals surface area contributed by atoms with Crippen LogP contribution in [0.25, 0.3) is 0 Å². The van der Waals surface area contributed by atoms with Crippen molar-refractivity contribution >= 4 is 21.4 Å². The van der Waals surface area contributed by atoms with Gasteiger partial charge in [-0.05, 0) is 25.2 Å². The molecule has 1 aliphatic rings. The van der Waals surface area contributed by atoms with Crippen molar-refractivity contribution in [1.29, 1.82) is 0 Å². The number of nitrogens with two attached hydrogens (primary N) is 1. The number of sulfone groups is 1. The zero-order valence-electron chi connectivity index (χ0n) is 11.7. The minimum absolute atomic E-state index is 0.0787. The maximum atomic E-state index is 12.4. The molecule has 110 valence electrons. The second-order valence-corrected chi connectivity index (χ2v) is 7.17. The summed E-state index contributed by atoms with van der Waals surface area (Å²) in [6.07, 6.45) is 1.10. The third kappa shape index (κ3) is 3.29. The number of amides is 1. The third-order valence-electron chi connectivity index (χ3n) is 3.39. The minimum atomic E-state index is -3.38. The number of benzene rings is 1. The van der Waals surface area contributed by atoms with Gasteiger partial charge in [0.2, 0.25) is 0 Å². The van der Waals surface area contributed by atoms with Gasteiger partial charge in [0.25, 0.3) is 5.91 Å². The number of carbonyl (C=O) groups excluding carboxylic acids is 1. The van der Waals surface area contributed by atoms with E-state index in [-0.39, 0.29) is 16.5 Å². The van der Waals surface area contributed by atoms with Gasteiger partial charge >= 0.3 is 0 Å². The number of hydrogen-bond donors (Lipinski definition) is 1. The molecule has 1 amide bonds. The van der Waals surface area contributed by atoms with E-state index in [1.54, 1.807) is 4.90 Å². The second-order valence-electron chi connectivity index (χ2n) is 5.16. The molecule has 1 aliphatic heterocycles. The summed E-state index contributed by atoms with van der Waals surface area (Å²) in [6.45, 7) is 2.90. The Morgan fingerprint density at radius 1 is 1.15 bits per heavy atom. The molecule has 0 bridgehead atoms. The van der Waals surface area contributed by atoms with Gasteiger partial charge in [-0.2, -0.15) is 0 Å². The summed E-state index contributed by atoms with van der Waals surface area (Å²) >= 11 is 0. The molecule has 0 spiro atoms. The number of rotatable bonds is 2. The summed E-state index contributed by atoms with van der Waals surface area (Å²) in [5.74, 6) is -0.171.